The van der Waals surface area contributed by atoms with Gasteiger partial charge in [-0.3, -0.25) is 0 Å². The second-order valence-electron chi connectivity index (χ2n) is 35.1. The topological polar surface area (TPSA) is 34.0 Å². The summed E-state index contributed by atoms with van der Waals surface area (Å²) in [4.78, 5) is 0. The van der Waals surface area contributed by atoms with Gasteiger partial charge in [0.25, 0.3) is 0 Å². The number of methoxy groups -OCH3 is 2. The number of halogens is 16. The van der Waals surface area contributed by atoms with Crippen molar-refractivity contribution in [2.24, 2.45) is 7.05 Å². The van der Waals surface area contributed by atoms with Gasteiger partial charge < -0.3 is 78.5 Å². The molecule has 4 aromatic heterocycles. The highest BCUT2D eigenvalue weighted by molar-refractivity contribution is 6.51. The molecule has 0 N–H and O–H groups in total. The Morgan fingerprint density at radius 1 is 0.194 bits per heavy atom. The molecule has 0 amide bonds. The molecule has 0 saturated heterocycles. The number of pyridine rings is 4. The highest BCUT2D eigenvalue weighted by Crippen LogP contribution is 2.47. The van der Waals surface area contributed by atoms with E-state index in [9.17, 15) is 69.1 Å². The monoisotopic (exact) mass is 1900 g/mol. The van der Waals surface area contributed by atoms with Gasteiger partial charge in [-0.15, -0.1) is 0 Å². The number of rotatable bonds is 9. The van der Waals surface area contributed by atoms with E-state index >= 15 is 0 Å². The Hall–Kier alpha value is -14.3. The Labute approximate surface area is 799 Å². The molecule has 6 nitrogen and oxygen atoms in total. The van der Waals surface area contributed by atoms with E-state index in [0.717, 1.165) is 61.2 Å². The van der Waals surface area contributed by atoms with Crippen molar-refractivity contribution in [2.75, 3.05) is 14.2 Å². The minimum absolute atomic E-state index is 0.855. The zero-order valence-electron chi connectivity index (χ0n) is 80.8. The average molecular weight is 1900 g/mol. The maximum absolute atomic E-state index is 9.75. The Balaban J connectivity index is 0.000000156. The second-order valence-corrected chi connectivity index (χ2v) is 35.1. The van der Waals surface area contributed by atoms with Crippen LogP contribution in [-0.2, 0) is 7.05 Å². The molecule has 26 heteroatoms. The third-order valence-corrected chi connectivity index (χ3v) is 23.8. The van der Waals surface area contributed by atoms with Crippen molar-refractivity contribution in [3.8, 4) is 73.1 Å². The van der Waals surface area contributed by atoms with Crippen LogP contribution in [0.1, 0.15) is 89.0 Å². The van der Waals surface area contributed by atoms with E-state index < -0.39 is 29.0 Å². The zero-order chi connectivity index (χ0) is 101. The molecular weight excluding hydrogens is 1790 g/mol. The average Bonchev–Trinajstić information content (AvgIpc) is 0.726. The molecule has 0 fully saturated rings. The van der Waals surface area contributed by atoms with E-state index in [1.807, 2.05) is 12.1 Å². The fourth-order valence-corrected chi connectivity index (χ4v) is 19.0. The van der Waals surface area contributed by atoms with Gasteiger partial charge in [-0.2, -0.15) is 18.3 Å². The minimum atomic E-state index is -6.00. The fourth-order valence-electron chi connectivity index (χ4n) is 19.0. The van der Waals surface area contributed by atoms with Gasteiger partial charge in [-0.1, -0.05) is 197 Å². The summed E-state index contributed by atoms with van der Waals surface area (Å²) in [7, 11) is -18.4. The Kier molecular flexibility index (Phi) is 32.2. The van der Waals surface area contributed by atoms with Gasteiger partial charge >= 0.3 is 29.0 Å². The van der Waals surface area contributed by atoms with Crippen LogP contribution in [0, 0.1) is 111 Å². The van der Waals surface area contributed by atoms with Gasteiger partial charge in [-0.25, -0.2) is 0 Å². The van der Waals surface area contributed by atoms with E-state index in [1.165, 1.54) is 188 Å². The number of benzene rings is 15. The molecule has 19 aromatic rings. The van der Waals surface area contributed by atoms with Crippen molar-refractivity contribution in [1.29, 1.82) is 0 Å². The maximum Gasteiger partial charge on any atom is 0.673 e. The number of ether oxygens (including phenoxy) is 2. The van der Waals surface area contributed by atoms with Crippen molar-refractivity contribution < 1.29 is 96.8 Å². The number of hydrogen-bond acceptors (Lipinski definition) is 2. The zero-order valence-corrected chi connectivity index (χ0v) is 80.8. The molecule has 0 aliphatic rings. The summed E-state index contributed by atoms with van der Waals surface area (Å²) in [5, 5.41) is 9.97. The molecule has 0 spiro atoms. The summed E-state index contributed by atoms with van der Waals surface area (Å²) in [5.74, 6) is 1.71. The molecule has 0 aliphatic heterocycles. The smallest absolute Gasteiger partial charge is 0.496 e. The third kappa shape index (κ3) is 25.2. The highest BCUT2D eigenvalue weighted by atomic mass is 19.5. The summed E-state index contributed by atoms with van der Waals surface area (Å²) in [6.07, 6.45) is 0. The van der Waals surface area contributed by atoms with Crippen LogP contribution >= 0.6 is 0 Å². The van der Waals surface area contributed by atoms with Gasteiger partial charge in [0.2, 0.25) is 61.2 Å². The minimum Gasteiger partial charge on any atom is -0.496 e. The maximum atomic E-state index is 9.75. The van der Waals surface area contributed by atoms with E-state index in [1.54, 1.807) is 14.2 Å². The lowest BCUT2D eigenvalue weighted by molar-refractivity contribution is -0.617. The molecule has 0 bridgehead atoms. The molecule has 0 radical (unpaired) electrons. The summed E-state index contributed by atoms with van der Waals surface area (Å²) in [6.45, 7) is 35.1. The Morgan fingerprint density at radius 2 is 0.439 bits per heavy atom. The van der Waals surface area contributed by atoms with E-state index in [-0.39, 0.29) is 0 Å². The van der Waals surface area contributed by atoms with Gasteiger partial charge in [0.05, 0.1) is 57.3 Å². The van der Waals surface area contributed by atoms with Gasteiger partial charge in [0.15, 0.2) is 0 Å². The van der Waals surface area contributed by atoms with E-state index in [0.29, 0.717) is 0 Å². The molecular formula is C113H106B4F16N4O2. The lowest BCUT2D eigenvalue weighted by Crippen LogP contribution is -2.33. The molecule has 714 valence electrons. The van der Waals surface area contributed by atoms with Crippen LogP contribution in [-0.4, -0.2) is 43.2 Å². The number of aromatic nitrogens is 4. The first-order valence-electron chi connectivity index (χ1n) is 45.1. The van der Waals surface area contributed by atoms with Gasteiger partial charge in [0, 0.05) is 107 Å². The number of para-hydroxylation sites is 4. The molecule has 0 saturated carbocycles. The molecule has 139 heavy (non-hydrogen) atoms. The van der Waals surface area contributed by atoms with Gasteiger partial charge in [0.1, 0.15) is 18.5 Å². The Morgan fingerprint density at radius 3 is 0.770 bits per heavy atom. The van der Waals surface area contributed by atoms with Crippen LogP contribution in [0.15, 0.2) is 297 Å². The summed E-state index contributed by atoms with van der Waals surface area (Å²) >= 11 is 0. The standard InChI is InChI=1S/C31H30N.C30H28N.C29H26NO2.C23H22N.4BF4/c1-19-7-11-25(12-8-19)32-28-13-9-20(2)17-26(28)31(27-18-21(3)10-14-29(27)32)30-23(5)15-22(4)16-24(30)6;1-19-11-13-25-27(17-19)31(24-9-7-6-8-10-24)28-18-20(2)12-14-26(28)30(25)29-22(4)15-21(3)16-23(29)5;1-19-15-23-28(25(17-19)31-3)27(21-11-7-5-8-12-21)29-24(16-20(2)18-26(29)32-4)30(23)22-13-9-6-10-14-22;1-15-13-16(2)22(17(3)14-15)23-18-9-5-7-11-20(18)24(4)21-12-8-6-10-19(21)23;4*2-1(3,4)5/h7-18H,1-6H3;6-18H,1-5H3;5-18H,1-4H3;5-14H,1-4H3;;;;/q4*+1;4*-1. The van der Waals surface area contributed by atoms with Crippen LogP contribution in [0.4, 0.5) is 69.1 Å². The predicted molar refractivity (Wildman–Crippen MR) is 543 cm³/mol. The van der Waals surface area contributed by atoms with Crippen LogP contribution in [0.3, 0.4) is 0 Å². The lowest BCUT2D eigenvalue weighted by atomic mass is 9.88. The number of fused-ring (bicyclic) bond motifs is 8. The lowest BCUT2D eigenvalue weighted by Gasteiger charge is -2.17. The molecule has 0 aliphatic carbocycles. The fraction of sp³-hybridized carbons (Fsp3) is 0.168. The molecule has 15 aromatic carbocycles. The van der Waals surface area contributed by atoms with Crippen molar-refractivity contribution >= 4 is 116 Å². The first-order valence-corrected chi connectivity index (χ1v) is 45.1. The molecule has 4 heterocycles. The van der Waals surface area contributed by atoms with Crippen molar-refractivity contribution in [3.63, 3.8) is 0 Å². The first kappa shape index (κ1) is 104. The molecule has 19 rings (SSSR count). The van der Waals surface area contributed by atoms with Crippen LogP contribution in [0.2, 0.25) is 0 Å². The summed E-state index contributed by atoms with van der Waals surface area (Å²) in [6, 6.07) is 108. The molecule has 0 unspecified atom stereocenters. The van der Waals surface area contributed by atoms with Crippen LogP contribution < -0.4 is 27.7 Å². The second kappa shape index (κ2) is 43.2. The van der Waals surface area contributed by atoms with Crippen LogP contribution in [0.5, 0.6) is 11.5 Å². The summed E-state index contributed by atoms with van der Waals surface area (Å²) < 4.78 is 177. The predicted octanol–water partition coefficient (Wildman–Crippen LogP) is 32.4. The number of hydrogen-bond donors (Lipinski definition) is 0. The van der Waals surface area contributed by atoms with E-state index in [2.05, 4.69) is 421 Å². The number of nitrogens with zero attached hydrogens (tertiary/aromatic N) is 4. The van der Waals surface area contributed by atoms with Crippen molar-refractivity contribution in [3.05, 3.63) is 386 Å². The normalized spacial score (nSPS) is 11.4. The SMILES string of the molecule is COc1cc(C)cc2c1c(-c1ccccc1)c1c(OC)cc(C)cc1[n+]2-c1ccccc1.Cc1cc(C)c(-c2c3ccc(C)cc3[n+](-c3ccccc3)c3cc(C)ccc23)c(C)c1.Cc1cc(C)c(-c2c3ccccc3[n+](C)c3ccccc23)c(C)c1.Cc1ccc(-[n+]2c3ccc(C)cc3c(-c3c(C)cc(C)cc3C)c3cc(C)ccc32)cc1.F[B-](F)(F)F.F[B-](F)(F)F.F[B-](F)(F)F.F[B-](F)(F)F. The number of aryl methyl sites for hydroxylation is 17. The van der Waals surface area contributed by atoms with Crippen molar-refractivity contribution in [1.82, 2.24) is 0 Å². The first-order chi connectivity index (χ1) is 65.5. The highest BCUT2D eigenvalue weighted by Gasteiger charge is 2.33. The largest absolute Gasteiger partial charge is 0.673 e. The quantitative estimate of drug-likeness (QED) is 0.0625. The van der Waals surface area contributed by atoms with Crippen molar-refractivity contribution in [2.45, 2.75) is 111 Å². The van der Waals surface area contributed by atoms with Crippen LogP contribution in [0.25, 0.3) is 149 Å². The third-order valence-electron chi connectivity index (χ3n) is 23.8. The Bertz CT molecular complexity index is 7380. The van der Waals surface area contributed by atoms with Gasteiger partial charge in [-0.05, 0) is 237 Å². The molecule has 0 atom stereocenters. The van der Waals surface area contributed by atoms with E-state index in [4.69, 9.17) is 9.47 Å². The summed E-state index contributed by atoms with van der Waals surface area (Å²) in [5.41, 5.74) is 44.2.